The van der Waals surface area contributed by atoms with Gasteiger partial charge in [-0.2, -0.15) is 11.3 Å². The van der Waals surface area contributed by atoms with Crippen molar-refractivity contribution in [2.45, 2.75) is 4.90 Å². The Morgan fingerprint density at radius 1 is 1.17 bits per heavy atom. The fraction of sp³-hybridized carbons (Fsp3) is 0. The zero-order valence-corrected chi connectivity index (χ0v) is 10.6. The van der Waals surface area contributed by atoms with Gasteiger partial charge in [-0.3, -0.25) is 14.8 Å². The minimum Gasteiger partial charge on any atom is -0.279 e. The molecule has 8 heteroatoms. The van der Waals surface area contributed by atoms with E-state index in [-0.39, 0.29) is 10.6 Å². The molecule has 0 unspecified atom stereocenters. The minimum absolute atomic E-state index is 0.0145. The fourth-order valence-electron chi connectivity index (χ4n) is 1.28. The number of benzene rings is 1. The molecular weight excluding hydrogens is 276 g/mol. The molecular formula is C10H8N2O4S2. The number of hydrogen-bond donors (Lipinski definition) is 1. The van der Waals surface area contributed by atoms with E-state index >= 15 is 0 Å². The maximum atomic E-state index is 11.9. The Kier molecular flexibility index (Phi) is 3.30. The molecule has 0 aliphatic heterocycles. The molecule has 18 heavy (non-hydrogen) atoms. The highest BCUT2D eigenvalue weighted by Crippen LogP contribution is 2.20. The predicted octanol–water partition coefficient (Wildman–Crippen LogP) is 2.46. The Morgan fingerprint density at radius 3 is 2.33 bits per heavy atom. The van der Waals surface area contributed by atoms with Gasteiger partial charge in [0, 0.05) is 17.5 Å². The van der Waals surface area contributed by atoms with E-state index in [2.05, 4.69) is 4.72 Å². The van der Waals surface area contributed by atoms with Gasteiger partial charge in [0.25, 0.3) is 15.7 Å². The third-order valence-electron chi connectivity index (χ3n) is 2.13. The van der Waals surface area contributed by atoms with Gasteiger partial charge in [0.15, 0.2) is 0 Å². The number of non-ortho nitro benzene ring substituents is 1. The highest BCUT2D eigenvalue weighted by molar-refractivity contribution is 7.92. The molecule has 0 saturated heterocycles. The van der Waals surface area contributed by atoms with Crippen LogP contribution in [0.4, 0.5) is 11.4 Å². The number of thiophene rings is 1. The Morgan fingerprint density at radius 2 is 1.83 bits per heavy atom. The highest BCUT2D eigenvalue weighted by Gasteiger charge is 2.15. The molecule has 0 radical (unpaired) electrons. The molecule has 6 nitrogen and oxygen atoms in total. The molecule has 1 heterocycles. The quantitative estimate of drug-likeness (QED) is 0.689. The molecule has 0 atom stereocenters. The van der Waals surface area contributed by atoms with Crippen molar-refractivity contribution in [2.24, 2.45) is 0 Å². The highest BCUT2D eigenvalue weighted by atomic mass is 32.2. The summed E-state index contributed by atoms with van der Waals surface area (Å²) in [4.78, 5) is 9.86. The Labute approximate surface area is 107 Å². The lowest BCUT2D eigenvalue weighted by Crippen LogP contribution is -2.12. The van der Waals surface area contributed by atoms with Gasteiger partial charge < -0.3 is 0 Å². The summed E-state index contributed by atoms with van der Waals surface area (Å²) in [5.41, 5.74) is 0.322. The van der Waals surface area contributed by atoms with Crippen LogP contribution >= 0.6 is 11.3 Å². The topological polar surface area (TPSA) is 89.3 Å². The summed E-state index contributed by atoms with van der Waals surface area (Å²) in [5.74, 6) is 0. The third kappa shape index (κ3) is 2.66. The van der Waals surface area contributed by atoms with Crippen LogP contribution in [0.3, 0.4) is 0 Å². The molecule has 1 aromatic heterocycles. The largest absolute Gasteiger partial charge is 0.279 e. The Balaban J connectivity index is 2.27. The number of rotatable bonds is 4. The number of anilines is 1. The van der Waals surface area contributed by atoms with E-state index in [1.807, 2.05) is 0 Å². The second-order valence-electron chi connectivity index (χ2n) is 3.37. The van der Waals surface area contributed by atoms with Crippen LogP contribution in [0.5, 0.6) is 0 Å². The lowest BCUT2D eigenvalue weighted by molar-refractivity contribution is -0.384. The number of sulfonamides is 1. The molecule has 0 spiro atoms. The number of nitrogens with one attached hydrogen (secondary N) is 1. The van der Waals surface area contributed by atoms with Crippen molar-refractivity contribution in [1.82, 2.24) is 0 Å². The average Bonchev–Trinajstić information content (AvgIpc) is 2.81. The number of nitro groups is 1. The number of nitro benzene ring substituents is 1. The lowest BCUT2D eigenvalue weighted by Gasteiger charge is -2.05. The summed E-state index contributed by atoms with van der Waals surface area (Å²) >= 11 is 1.37. The Bertz CT molecular complexity index is 648. The van der Waals surface area contributed by atoms with Crippen molar-refractivity contribution in [2.75, 3.05) is 4.72 Å². The molecule has 1 N–H and O–H groups in total. The van der Waals surface area contributed by atoms with Crippen LogP contribution in [0.25, 0.3) is 0 Å². The number of hydrogen-bond acceptors (Lipinski definition) is 5. The monoisotopic (exact) mass is 284 g/mol. The molecule has 2 aromatic rings. The van der Waals surface area contributed by atoms with Crippen LogP contribution in [0, 0.1) is 10.1 Å². The standard InChI is InChI=1S/C10H8N2O4S2/c13-12(14)9-1-3-10(4-2-9)18(15,16)11-8-5-6-17-7-8/h1-7,11H. The van der Waals surface area contributed by atoms with Gasteiger partial charge >= 0.3 is 0 Å². The van der Waals surface area contributed by atoms with Crippen molar-refractivity contribution in [3.05, 3.63) is 51.2 Å². The van der Waals surface area contributed by atoms with Gasteiger partial charge in [-0.25, -0.2) is 8.42 Å². The van der Waals surface area contributed by atoms with E-state index in [4.69, 9.17) is 0 Å². The molecule has 2 rings (SSSR count). The van der Waals surface area contributed by atoms with Crippen LogP contribution in [-0.4, -0.2) is 13.3 Å². The van der Waals surface area contributed by atoms with Crippen molar-refractivity contribution in [3.8, 4) is 0 Å². The fourth-order valence-corrected chi connectivity index (χ4v) is 3.00. The van der Waals surface area contributed by atoms with E-state index in [1.165, 1.54) is 23.5 Å². The zero-order chi connectivity index (χ0) is 13.2. The van der Waals surface area contributed by atoms with E-state index in [1.54, 1.807) is 16.8 Å². The van der Waals surface area contributed by atoms with Gasteiger partial charge in [-0.1, -0.05) is 0 Å². The first-order chi connectivity index (χ1) is 8.49. The van der Waals surface area contributed by atoms with Crippen LogP contribution in [0.2, 0.25) is 0 Å². The predicted molar refractivity (Wildman–Crippen MR) is 68.2 cm³/mol. The minimum atomic E-state index is -3.69. The zero-order valence-electron chi connectivity index (χ0n) is 8.94. The molecule has 0 bridgehead atoms. The summed E-state index contributed by atoms with van der Waals surface area (Å²) in [7, 11) is -3.69. The summed E-state index contributed by atoms with van der Waals surface area (Å²) in [5, 5.41) is 13.9. The first-order valence-corrected chi connectivity index (χ1v) is 7.21. The maximum absolute atomic E-state index is 11.9. The first-order valence-electron chi connectivity index (χ1n) is 4.78. The van der Waals surface area contributed by atoms with Crippen LogP contribution in [0.15, 0.2) is 46.0 Å². The van der Waals surface area contributed by atoms with Crippen molar-refractivity contribution < 1.29 is 13.3 Å². The number of nitrogens with zero attached hydrogens (tertiary/aromatic N) is 1. The summed E-state index contributed by atoms with van der Waals surface area (Å²) < 4.78 is 26.2. The first kappa shape index (κ1) is 12.5. The lowest BCUT2D eigenvalue weighted by atomic mass is 10.3. The third-order valence-corrected chi connectivity index (χ3v) is 4.21. The van der Waals surface area contributed by atoms with E-state index < -0.39 is 14.9 Å². The molecule has 1 aromatic carbocycles. The van der Waals surface area contributed by atoms with E-state index in [0.717, 1.165) is 12.1 Å². The van der Waals surface area contributed by atoms with Gasteiger partial charge in [-0.15, -0.1) is 0 Å². The second-order valence-corrected chi connectivity index (χ2v) is 5.83. The molecule has 94 valence electrons. The summed E-state index contributed by atoms with van der Waals surface area (Å²) in [6.45, 7) is 0. The molecule has 0 saturated carbocycles. The maximum Gasteiger partial charge on any atom is 0.269 e. The molecule has 0 amide bonds. The van der Waals surface area contributed by atoms with Crippen molar-refractivity contribution in [3.63, 3.8) is 0 Å². The van der Waals surface area contributed by atoms with Crippen LogP contribution in [0.1, 0.15) is 0 Å². The van der Waals surface area contributed by atoms with E-state index in [0.29, 0.717) is 5.69 Å². The summed E-state index contributed by atoms with van der Waals surface area (Å²) in [6, 6.07) is 6.34. The van der Waals surface area contributed by atoms with Crippen LogP contribution in [-0.2, 0) is 10.0 Å². The van der Waals surface area contributed by atoms with E-state index in [9.17, 15) is 18.5 Å². The molecule has 0 fully saturated rings. The SMILES string of the molecule is O=[N+]([O-])c1ccc(S(=O)(=O)Nc2ccsc2)cc1. The molecule has 0 aliphatic carbocycles. The van der Waals surface area contributed by atoms with Gasteiger partial charge in [0.05, 0.1) is 15.5 Å². The normalized spacial score (nSPS) is 11.1. The average molecular weight is 284 g/mol. The van der Waals surface area contributed by atoms with Gasteiger partial charge in [0.1, 0.15) is 0 Å². The Hall–Kier alpha value is -1.93. The smallest absolute Gasteiger partial charge is 0.269 e. The van der Waals surface area contributed by atoms with Gasteiger partial charge in [-0.05, 0) is 23.6 Å². The van der Waals surface area contributed by atoms with Crippen molar-refractivity contribution >= 4 is 32.7 Å². The van der Waals surface area contributed by atoms with Crippen molar-refractivity contribution in [1.29, 1.82) is 0 Å². The second kappa shape index (κ2) is 4.75. The van der Waals surface area contributed by atoms with Crippen LogP contribution < -0.4 is 4.72 Å². The van der Waals surface area contributed by atoms with Gasteiger partial charge in [0.2, 0.25) is 0 Å². The molecule has 0 aliphatic rings. The summed E-state index contributed by atoms with van der Waals surface area (Å²) in [6.07, 6.45) is 0.